The highest BCUT2D eigenvalue weighted by Gasteiger charge is 2.06. The van der Waals surface area contributed by atoms with Gasteiger partial charge in [-0.3, -0.25) is 4.79 Å². The lowest BCUT2D eigenvalue weighted by atomic mass is 10.3. The number of hydrogen-bond acceptors (Lipinski definition) is 3. The normalized spacial score (nSPS) is 10.8. The molecule has 0 unspecified atom stereocenters. The number of carbonyl (C=O) groups is 1. The van der Waals surface area contributed by atoms with Crippen molar-refractivity contribution in [2.24, 2.45) is 0 Å². The van der Waals surface area contributed by atoms with E-state index in [1.807, 2.05) is 22.7 Å². The van der Waals surface area contributed by atoms with Crippen LogP contribution >= 0.6 is 0 Å². The van der Waals surface area contributed by atoms with Crippen LogP contribution in [-0.2, 0) is 0 Å². The van der Waals surface area contributed by atoms with Gasteiger partial charge in [-0.2, -0.15) is 0 Å². The van der Waals surface area contributed by atoms with E-state index in [4.69, 9.17) is 4.42 Å². The Bertz CT molecular complexity index is 638. The number of pyridine rings is 1. The smallest absolute Gasteiger partial charge is 0.153 e. The van der Waals surface area contributed by atoms with Crippen LogP contribution in [0.1, 0.15) is 10.4 Å². The average Bonchev–Trinajstić information content (AvgIpc) is 2.96. The monoisotopic (exact) mass is 212 g/mol. The van der Waals surface area contributed by atoms with Crippen molar-refractivity contribution in [1.82, 2.24) is 9.38 Å². The maximum atomic E-state index is 10.6. The molecule has 0 aliphatic rings. The van der Waals surface area contributed by atoms with Crippen molar-refractivity contribution < 1.29 is 9.21 Å². The molecule has 0 fully saturated rings. The number of furan rings is 1. The highest BCUT2D eigenvalue weighted by Crippen LogP contribution is 2.19. The van der Waals surface area contributed by atoms with E-state index >= 15 is 0 Å². The topological polar surface area (TPSA) is 47.5 Å². The van der Waals surface area contributed by atoms with E-state index in [1.165, 1.54) is 0 Å². The zero-order chi connectivity index (χ0) is 11.0. The van der Waals surface area contributed by atoms with E-state index in [0.29, 0.717) is 5.56 Å². The minimum Gasteiger partial charge on any atom is -0.463 e. The van der Waals surface area contributed by atoms with Gasteiger partial charge >= 0.3 is 0 Å². The molecule has 0 saturated carbocycles. The summed E-state index contributed by atoms with van der Waals surface area (Å²) in [6.45, 7) is 0. The third-order valence-electron chi connectivity index (χ3n) is 2.38. The molecule has 0 aliphatic carbocycles. The zero-order valence-corrected chi connectivity index (χ0v) is 8.33. The fourth-order valence-electron chi connectivity index (χ4n) is 1.62. The van der Waals surface area contributed by atoms with Crippen LogP contribution in [0, 0.1) is 0 Å². The largest absolute Gasteiger partial charge is 0.463 e. The summed E-state index contributed by atoms with van der Waals surface area (Å²) in [6.07, 6.45) is 5.99. The number of fused-ring (bicyclic) bond motifs is 1. The summed E-state index contributed by atoms with van der Waals surface area (Å²) in [6, 6.07) is 7.20. The fraction of sp³-hybridized carbons (Fsp3) is 0. The molecule has 0 radical (unpaired) electrons. The Morgan fingerprint density at radius 2 is 2.19 bits per heavy atom. The molecule has 3 heterocycles. The fourth-order valence-corrected chi connectivity index (χ4v) is 1.62. The van der Waals surface area contributed by atoms with Crippen molar-refractivity contribution in [2.75, 3.05) is 0 Å². The van der Waals surface area contributed by atoms with Gasteiger partial charge in [0.05, 0.1) is 6.26 Å². The third-order valence-corrected chi connectivity index (χ3v) is 2.38. The number of hydrogen-bond donors (Lipinski definition) is 0. The number of carbonyl (C=O) groups excluding carboxylic acids is 1. The molecule has 0 amide bonds. The lowest BCUT2D eigenvalue weighted by molar-refractivity contribution is 0.112. The maximum absolute atomic E-state index is 10.6. The SMILES string of the molecule is O=Cc1ccc2nc(-c3ccco3)cn2c1. The lowest BCUT2D eigenvalue weighted by Crippen LogP contribution is -1.86. The molecule has 0 saturated heterocycles. The van der Waals surface area contributed by atoms with E-state index in [2.05, 4.69) is 4.98 Å². The predicted molar refractivity (Wildman–Crippen MR) is 58.3 cm³/mol. The van der Waals surface area contributed by atoms with Gasteiger partial charge in [0.15, 0.2) is 12.0 Å². The van der Waals surface area contributed by atoms with E-state index in [0.717, 1.165) is 23.4 Å². The Kier molecular flexibility index (Phi) is 1.86. The predicted octanol–water partition coefficient (Wildman–Crippen LogP) is 2.41. The molecule has 0 N–H and O–H groups in total. The minimum absolute atomic E-state index is 0.621. The van der Waals surface area contributed by atoms with Gasteiger partial charge < -0.3 is 8.82 Å². The van der Waals surface area contributed by atoms with Gasteiger partial charge in [0, 0.05) is 18.0 Å². The molecule has 0 atom stereocenters. The molecule has 0 aromatic carbocycles. The molecule has 4 heteroatoms. The Balaban J connectivity index is 2.19. The molecular weight excluding hydrogens is 204 g/mol. The van der Waals surface area contributed by atoms with Crippen LogP contribution in [-0.4, -0.2) is 15.7 Å². The first kappa shape index (κ1) is 8.91. The Labute approximate surface area is 91.1 Å². The molecule has 16 heavy (non-hydrogen) atoms. The first-order chi connectivity index (χ1) is 7.86. The van der Waals surface area contributed by atoms with Gasteiger partial charge in [0.2, 0.25) is 0 Å². The number of aromatic nitrogens is 2. The first-order valence-electron chi connectivity index (χ1n) is 4.84. The quantitative estimate of drug-likeness (QED) is 0.613. The second-order valence-electron chi connectivity index (χ2n) is 3.45. The number of aldehydes is 1. The molecular formula is C12H8N2O2. The summed E-state index contributed by atoms with van der Waals surface area (Å²) in [5, 5.41) is 0. The second-order valence-corrected chi connectivity index (χ2v) is 3.45. The Hall–Kier alpha value is -2.36. The second kappa shape index (κ2) is 3.34. The van der Waals surface area contributed by atoms with Crippen molar-refractivity contribution in [3.8, 4) is 11.5 Å². The maximum Gasteiger partial charge on any atom is 0.153 e. The molecule has 0 aliphatic heterocycles. The number of nitrogens with zero attached hydrogens (tertiary/aromatic N) is 2. The standard InChI is InChI=1S/C12H8N2O2/c15-8-9-3-4-12-13-10(7-14(12)6-9)11-2-1-5-16-11/h1-8H. The summed E-state index contributed by atoms with van der Waals surface area (Å²) in [5.74, 6) is 0.719. The van der Waals surface area contributed by atoms with E-state index < -0.39 is 0 Å². The average molecular weight is 212 g/mol. The van der Waals surface area contributed by atoms with Crippen molar-refractivity contribution in [3.05, 3.63) is 48.5 Å². The number of rotatable bonds is 2. The highest BCUT2D eigenvalue weighted by molar-refractivity contribution is 5.75. The Morgan fingerprint density at radius 1 is 1.25 bits per heavy atom. The van der Waals surface area contributed by atoms with E-state index in [1.54, 1.807) is 24.6 Å². The summed E-state index contributed by atoms with van der Waals surface area (Å²) in [7, 11) is 0. The van der Waals surface area contributed by atoms with Crippen LogP contribution in [0.5, 0.6) is 0 Å². The molecule has 3 rings (SSSR count). The van der Waals surface area contributed by atoms with Crippen LogP contribution in [0.25, 0.3) is 17.1 Å². The van der Waals surface area contributed by atoms with Crippen molar-refractivity contribution in [2.45, 2.75) is 0 Å². The van der Waals surface area contributed by atoms with E-state index in [-0.39, 0.29) is 0 Å². The van der Waals surface area contributed by atoms with Gasteiger partial charge in [-0.05, 0) is 24.3 Å². The zero-order valence-electron chi connectivity index (χ0n) is 8.33. The summed E-state index contributed by atoms with van der Waals surface area (Å²) in [5.41, 5.74) is 2.17. The van der Waals surface area contributed by atoms with Crippen LogP contribution in [0.3, 0.4) is 0 Å². The van der Waals surface area contributed by atoms with Crippen LogP contribution in [0.2, 0.25) is 0 Å². The molecule has 4 nitrogen and oxygen atoms in total. The van der Waals surface area contributed by atoms with Gasteiger partial charge in [-0.25, -0.2) is 4.98 Å². The van der Waals surface area contributed by atoms with Crippen molar-refractivity contribution in [1.29, 1.82) is 0 Å². The van der Waals surface area contributed by atoms with Gasteiger partial charge in [0.25, 0.3) is 0 Å². The van der Waals surface area contributed by atoms with Crippen LogP contribution < -0.4 is 0 Å². The minimum atomic E-state index is 0.621. The summed E-state index contributed by atoms with van der Waals surface area (Å²) >= 11 is 0. The van der Waals surface area contributed by atoms with Crippen LogP contribution in [0.4, 0.5) is 0 Å². The summed E-state index contributed by atoms with van der Waals surface area (Å²) < 4.78 is 7.07. The van der Waals surface area contributed by atoms with Gasteiger partial charge in [0.1, 0.15) is 11.3 Å². The molecule has 3 aromatic rings. The third kappa shape index (κ3) is 1.32. The molecule has 3 aromatic heterocycles. The van der Waals surface area contributed by atoms with Crippen LogP contribution in [0.15, 0.2) is 47.3 Å². The first-order valence-corrected chi connectivity index (χ1v) is 4.84. The van der Waals surface area contributed by atoms with Gasteiger partial charge in [-0.15, -0.1) is 0 Å². The van der Waals surface area contributed by atoms with Gasteiger partial charge in [-0.1, -0.05) is 0 Å². The molecule has 0 bridgehead atoms. The molecule has 0 spiro atoms. The Morgan fingerprint density at radius 3 is 2.94 bits per heavy atom. The summed E-state index contributed by atoms with van der Waals surface area (Å²) in [4.78, 5) is 15.0. The highest BCUT2D eigenvalue weighted by atomic mass is 16.3. The van der Waals surface area contributed by atoms with Crippen molar-refractivity contribution >= 4 is 11.9 Å². The van der Waals surface area contributed by atoms with E-state index in [9.17, 15) is 4.79 Å². The number of imidazole rings is 1. The van der Waals surface area contributed by atoms with Crippen molar-refractivity contribution in [3.63, 3.8) is 0 Å². The lowest BCUT2D eigenvalue weighted by Gasteiger charge is -1.92. The molecule has 78 valence electrons.